The standard InChI is InChI=1S/C16H19NO3S/c18-12-10-3-1-2-4-11(10)14-15(13(12)19)21-9-16(20-14)5-7-17-8-6-16/h1-4,13-15,17,19H,5-9H2. The largest absolute Gasteiger partial charge is 0.384 e. The van der Waals surface area contributed by atoms with Gasteiger partial charge >= 0.3 is 0 Å². The average Bonchev–Trinajstić information content (AvgIpc) is 2.53. The average molecular weight is 305 g/mol. The van der Waals surface area contributed by atoms with Gasteiger partial charge in [0.15, 0.2) is 5.78 Å². The minimum absolute atomic E-state index is 0.107. The fraction of sp³-hybridized carbons (Fsp3) is 0.562. The summed E-state index contributed by atoms with van der Waals surface area (Å²) in [5.41, 5.74) is 1.46. The number of carbonyl (C=O) groups is 1. The molecule has 4 nitrogen and oxygen atoms in total. The molecule has 3 unspecified atom stereocenters. The Bertz CT molecular complexity index is 570. The number of benzene rings is 1. The van der Waals surface area contributed by atoms with Crippen molar-refractivity contribution in [1.29, 1.82) is 0 Å². The first-order chi connectivity index (χ1) is 10.2. The van der Waals surface area contributed by atoms with E-state index in [0.717, 1.165) is 37.2 Å². The Morgan fingerprint density at radius 3 is 2.86 bits per heavy atom. The van der Waals surface area contributed by atoms with E-state index < -0.39 is 6.10 Å². The molecule has 3 aliphatic rings. The summed E-state index contributed by atoms with van der Waals surface area (Å²) in [5, 5.41) is 13.5. The number of ketones is 1. The third-order valence-electron chi connectivity index (χ3n) is 4.84. The van der Waals surface area contributed by atoms with Gasteiger partial charge in [0.2, 0.25) is 0 Å². The number of carbonyl (C=O) groups excluding carboxylic acids is 1. The van der Waals surface area contributed by atoms with Crippen molar-refractivity contribution >= 4 is 17.5 Å². The number of fused-ring (bicyclic) bond motifs is 3. The third kappa shape index (κ3) is 2.14. The normalized spacial score (nSPS) is 34.3. The van der Waals surface area contributed by atoms with Gasteiger partial charge in [0.1, 0.15) is 6.10 Å². The highest BCUT2D eigenvalue weighted by atomic mass is 32.2. The zero-order valence-electron chi connectivity index (χ0n) is 11.7. The molecule has 1 aliphatic carbocycles. The molecule has 2 heterocycles. The maximum absolute atomic E-state index is 12.3. The van der Waals surface area contributed by atoms with Crippen LogP contribution in [0.5, 0.6) is 0 Å². The Kier molecular flexibility index (Phi) is 3.34. The van der Waals surface area contributed by atoms with Crippen LogP contribution >= 0.6 is 11.8 Å². The van der Waals surface area contributed by atoms with Gasteiger partial charge in [0, 0.05) is 11.3 Å². The van der Waals surface area contributed by atoms with E-state index in [9.17, 15) is 9.90 Å². The van der Waals surface area contributed by atoms with Crippen LogP contribution in [0.2, 0.25) is 0 Å². The Hall–Kier alpha value is -0.880. The lowest BCUT2D eigenvalue weighted by Crippen LogP contribution is -2.55. The summed E-state index contributed by atoms with van der Waals surface area (Å²) >= 11 is 1.70. The molecule has 0 amide bonds. The Morgan fingerprint density at radius 2 is 2.05 bits per heavy atom. The zero-order valence-corrected chi connectivity index (χ0v) is 12.6. The fourth-order valence-electron chi connectivity index (χ4n) is 3.63. The number of aliphatic hydroxyl groups excluding tert-OH is 1. The van der Waals surface area contributed by atoms with Crippen molar-refractivity contribution in [2.45, 2.75) is 35.9 Å². The van der Waals surface area contributed by atoms with E-state index in [1.807, 2.05) is 18.2 Å². The van der Waals surface area contributed by atoms with E-state index in [1.54, 1.807) is 17.8 Å². The molecule has 1 spiro atoms. The number of aliphatic hydroxyl groups is 1. The number of thioether (sulfide) groups is 1. The lowest BCUT2D eigenvalue weighted by atomic mass is 9.84. The first kappa shape index (κ1) is 13.8. The summed E-state index contributed by atoms with van der Waals surface area (Å²) in [4.78, 5) is 12.3. The minimum atomic E-state index is -0.950. The Balaban J connectivity index is 1.72. The molecule has 2 saturated heterocycles. The van der Waals surface area contributed by atoms with Gasteiger partial charge < -0.3 is 15.2 Å². The van der Waals surface area contributed by atoms with Crippen LogP contribution < -0.4 is 5.32 Å². The molecular formula is C16H19NO3S. The predicted octanol–water partition coefficient (Wildman–Crippen LogP) is 1.54. The van der Waals surface area contributed by atoms with Gasteiger partial charge in [-0.2, -0.15) is 0 Å². The second kappa shape index (κ2) is 5.09. The quantitative estimate of drug-likeness (QED) is 0.761. The summed E-state index contributed by atoms with van der Waals surface area (Å²) in [6.45, 7) is 1.95. The number of piperidine rings is 1. The van der Waals surface area contributed by atoms with E-state index in [1.165, 1.54) is 0 Å². The van der Waals surface area contributed by atoms with Crippen molar-refractivity contribution in [1.82, 2.24) is 5.32 Å². The van der Waals surface area contributed by atoms with Gasteiger partial charge in [0.25, 0.3) is 0 Å². The Morgan fingerprint density at radius 1 is 1.29 bits per heavy atom. The van der Waals surface area contributed by atoms with E-state index in [4.69, 9.17) is 4.74 Å². The number of hydrogen-bond acceptors (Lipinski definition) is 5. The highest BCUT2D eigenvalue weighted by Gasteiger charge is 2.50. The predicted molar refractivity (Wildman–Crippen MR) is 81.7 cm³/mol. The number of nitrogens with one attached hydrogen (secondary N) is 1. The minimum Gasteiger partial charge on any atom is -0.384 e. The molecule has 2 aliphatic heterocycles. The summed E-state index contributed by atoms with van der Waals surface area (Å²) in [7, 11) is 0. The highest BCUT2D eigenvalue weighted by Crippen LogP contribution is 2.48. The van der Waals surface area contributed by atoms with E-state index >= 15 is 0 Å². The molecule has 0 radical (unpaired) electrons. The first-order valence-corrected chi connectivity index (χ1v) is 8.56. The summed E-state index contributed by atoms with van der Waals surface area (Å²) < 4.78 is 6.49. The van der Waals surface area contributed by atoms with E-state index in [-0.39, 0.29) is 22.7 Å². The summed E-state index contributed by atoms with van der Waals surface area (Å²) in [6.07, 6.45) is 0.866. The molecule has 0 bridgehead atoms. The van der Waals surface area contributed by atoms with Gasteiger partial charge in [-0.05, 0) is 31.5 Å². The monoisotopic (exact) mass is 305 g/mol. The second-order valence-corrected chi connectivity index (χ2v) is 7.31. The third-order valence-corrected chi connectivity index (χ3v) is 6.42. The zero-order chi connectivity index (χ0) is 14.4. The fourth-order valence-corrected chi connectivity index (χ4v) is 5.16. The van der Waals surface area contributed by atoms with Crippen molar-refractivity contribution in [3.63, 3.8) is 0 Å². The molecule has 2 N–H and O–H groups in total. The van der Waals surface area contributed by atoms with Crippen molar-refractivity contribution in [3.8, 4) is 0 Å². The van der Waals surface area contributed by atoms with Crippen LogP contribution in [0.1, 0.15) is 34.9 Å². The van der Waals surface area contributed by atoms with E-state index in [0.29, 0.717) is 5.56 Å². The van der Waals surface area contributed by atoms with Crippen LogP contribution in [0, 0.1) is 0 Å². The van der Waals surface area contributed by atoms with Crippen molar-refractivity contribution in [2.24, 2.45) is 0 Å². The van der Waals surface area contributed by atoms with Crippen LogP contribution in [0.4, 0.5) is 0 Å². The number of rotatable bonds is 0. The maximum Gasteiger partial charge on any atom is 0.192 e. The first-order valence-electron chi connectivity index (χ1n) is 7.52. The van der Waals surface area contributed by atoms with Crippen LogP contribution in [-0.4, -0.2) is 46.7 Å². The molecule has 21 heavy (non-hydrogen) atoms. The molecule has 112 valence electrons. The number of Topliss-reactive ketones (excluding diaryl/α,β-unsaturated/α-hetero) is 1. The molecule has 0 aromatic heterocycles. The van der Waals surface area contributed by atoms with Gasteiger partial charge in [-0.15, -0.1) is 11.8 Å². The van der Waals surface area contributed by atoms with Crippen molar-refractivity contribution < 1.29 is 14.6 Å². The van der Waals surface area contributed by atoms with Crippen LogP contribution in [-0.2, 0) is 4.74 Å². The molecule has 1 aromatic carbocycles. The lowest BCUT2D eigenvalue weighted by molar-refractivity contribution is -0.114. The van der Waals surface area contributed by atoms with Gasteiger partial charge in [-0.3, -0.25) is 4.79 Å². The maximum atomic E-state index is 12.3. The van der Waals surface area contributed by atoms with Crippen molar-refractivity contribution in [2.75, 3.05) is 18.8 Å². The van der Waals surface area contributed by atoms with Gasteiger partial charge in [-0.1, -0.05) is 24.3 Å². The SMILES string of the molecule is O=C1c2ccccc2C2OC3(CCNCC3)CSC2C1O. The molecule has 0 saturated carbocycles. The molecular weight excluding hydrogens is 286 g/mol. The van der Waals surface area contributed by atoms with Crippen LogP contribution in [0.15, 0.2) is 24.3 Å². The molecule has 2 fully saturated rings. The molecule has 5 heteroatoms. The Labute approximate surface area is 128 Å². The molecule has 1 aromatic rings. The molecule has 3 atom stereocenters. The van der Waals surface area contributed by atoms with E-state index in [2.05, 4.69) is 5.32 Å². The van der Waals surface area contributed by atoms with Gasteiger partial charge in [-0.25, -0.2) is 0 Å². The molecule has 4 rings (SSSR count). The highest BCUT2D eigenvalue weighted by molar-refractivity contribution is 8.00. The van der Waals surface area contributed by atoms with Gasteiger partial charge in [0.05, 0.1) is 17.0 Å². The van der Waals surface area contributed by atoms with Crippen LogP contribution in [0.25, 0.3) is 0 Å². The topological polar surface area (TPSA) is 58.6 Å². The van der Waals surface area contributed by atoms with Crippen molar-refractivity contribution in [3.05, 3.63) is 35.4 Å². The number of hydrogen-bond donors (Lipinski definition) is 2. The van der Waals surface area contributed by atoms with Crippen LogP contribution in [0.3, 0.4) is 0 Å². The number of ether oxygens (including phenoxy) is 1. The summed E-state index contributed by atoms with van der Waals surface area (Å²) in [6, 6.07) is 7.56. The second-order valence-electron chi connectivity index (χ2n) is 6.14. The summed E-state index contributed by atoms with van der Waals surface area (Å²) in [5.74, 6) is 0.701. The smallest absolute Gasteiger partial charge is 0.192 e. The lowest BCUT2D eigenvalue weighted by Gasteiger charge is -2.49.